The molecule has 0 atom stereocenters. The van der Waals surface area contributed by atoms with Crippen LogP contribution in [0.3, 0.4) is 0 Å². The molecule has 0 aliphatic heterocycles. The van der Waals surface area contributed by atoms with Gasteiger partial charge in [-0.15, -0.1) is 0 Å². The summed E-state index contributed by atoms with van der Waals surface area (Å²) < 4.78 is 64.0. The Kier molecular flexibility index (Phi) is 8.64. The molecular formula is C30H28F4O3. The van der Waals surface area contributed by atoms with Crippen LogP contribution >= 0.6 is 0 Å². The van der Waals surface area contributed by atoms with Gasteiger partial charge < -0.3 is 9.47 Å². The zero-order chi connectivity index (χ0) is 26.4. The summed E-state index contributed by atoms with van der Waals surface area (Å²) in [4.78, 5) is 12.6. The number of ether oxygens (including phenoxy) is 2. The predicted molar refractivity (Wildman–Crippen MR) is 135 cm³/mol. The molecule has 7 heteroatoms. The molecule has 0 radical (unpaired) electrons. The van der Waals surface area contributed by atoms with Gasteiger partial charge in [-0.2, -0.15) is 8.78 Å². The second kappa shape index (κ2) is 12.1. The first-order chi connectivity index (χ1) is 17.9. The summed E-state index contributed by atoms with van der Waals surface area (Å²) in [7, 11) is 0. The Balaban J connectivity index is 1.33. The minimum Gasteiger partial charge on any atom is -0.491 e. The second-order valence-corrected chi connectivity index (χ2v) is 9.06. The summed E-state index contributed by atoms with van der Waals surface area (Å²) in [5, 5.41) is 0. The van der Waals surface area contributed by atoms with E-state index >= 15 is 0 Å². The third kappa shape index (κ3) is 6.40. The molecular weight excluding hydrogens is 484 g/mol. The van der Waals surface area contributed by atoms with Crippen LogP contribution in [0.2, 0.25) is 0 Å². The van der Waals surface area contributed by atoms with E-state index in [4.69, 9.17) is 9.47 Å². The van der Waals surface area contributed by atoms with Gasteiger partial charge in [0.25, 0.3) is 0 Å². The second-order valence-electron chi connectivity index (χ2n) is 9.06. The number of carbonyl (C=O) groups excluding carboxylic acids is 1. The third-order valence-electron chi connectivity index (χ3n) is 6.66. The molecule has 0 amide bonds. The van der Waals surface area contributed by atoms with Crippen LogP contribution in [0.15, 0.2) is 66.5 Å². The molecule has 0 spiro atoms. The first-order valence-corrected chi connectivity index (χ1v) is 12.3. The number of benzene rings is 3. The maximum atomic E-state index is 14.3. The Morgan fingerprint density at radius 3 is 2.03 bits per heavy atom. The minimum atomic E-state index is -1.23. The number of hydrogen-bond acceptors (Lipinski definition) is 3. The van der Waals surface area contributed by atoms with Crippen molar-refractivity contribution in [2.45, 2.75) is 38.5 Å². The summed E-state index contributed by atoms with van der Waals surface area (Å²) in [6.45, 7) is 0.736. The van der Waals surface area contributed by atoms with Crippen molar-refractivity contribution in [1.82, 2.24) is 0 Å². The summed E-state index contributed by atoms with van der Waals surface area (Å²) in [5.41, 5.74) is 3.74. The van der Waals surface area contributed by atoms with Gasteiger partial charge in [0.1, 0.15) is 12.5 Å². The monoisotopic (exact) mass is 512 g/mol. The molecule has 3 aromatic carbocycles. The van der Waals surface area contributed by atoms with Crippen LogP contribution in [-0.2, 0) is 4.79 Å². The Hall–Kier alpha value is -3.61. The molecule has 0 bridgehead atoms. The lowest BCUT2D eigenvalue weighted by molar-refractivity contribution is -0.140. The van der Waals surface area contributed by atoms with Crippen LogP contribution in [0.4, 0.5) is 17.6 Å². The molecule has 1 aliphatic carbocycles. The highest BCUT2D eigenvalue weighted by Gasteiger charge is 2.29. The number of esters is 1. The maximum Gasteiger partial charge on any atom is 0.314 e. The zero-order valence-electron chi connectivity index (χ0n) is 20.5. The maximum absolute atomic E-state index is 14.3. The SMILES string of the molecule is CCOc1ccc(OC(=O)C2CCC(c3ccc(-c4ccc(C=C(F)CF)cc4)cc3)CC2)c(F)c1F. The van der Waals surface area contributed by atoms with Crippen molar-refractivity contribution < 1.29 is 31.8 Å². The van der Waals surface area contributed by atoms with Crippen molar-refractivity contribution in [3.8, 4) is 22.6 Å². The Morgan fingerprint density at radius 2 is 1.43 bits per heavy atom. The number of allylic oxidation sites excluding steroid dienone is 1. The van der Waals surface area contributed by atoms with E-state index in [0.29, 0.717) is 18.4 Å². The lowest BCUT2D eigenvalue weighted by Crippen LogP contribution is -2.25. The number of halogens is 4. The minimum absolute atomic E-state index is 0.192. The van der Waals surface area contributed by atoms with Crippen molar-refractivity contribution >= 4 is 12.0 Å². The molecule has 0 unspecified atom stereocenters. The van der Waals surface area contributed by atoms with Crippen molar-refractivity contribution in [1.29, 1.82) is 0 Å². The van der Waals surface area contributed by atoms with E-state index in [1.807, 2.05) is 24.3 Å². The van der Waals surface area contributed by atoms with Crippen LogP contribution in [0.5, 0.6) is 11.5 Å². The van der Waals surface area contributed by atoms with Crippen molar-refractivity contribution in [2.75, 3.05) is 13.3 Å². The molecule has 1 fully saturated rings. The summed E-state index contributed by atoms with van der Waals surface area (Å²) in [6.07, 6.45) is 3.92. The van der Waals surface area contributed by atoms with Gasteiger partial charge in [0.2, 0.25) is 11.6 Å². The average molecular weight is 513 g/mol. The first kappa shape index (κ1) is 26.5. The number of rotatable bonds is 8. The standard InChI is InChI=1S/C30H28F4O3/c1-2-36-26-15-16-27(29(34)28(26)33)37-30(35)24-13-11-23(12-14-24)22-9-7-21(8-10-22)20-5-3-19(4-6-20)17-25(32)18-31/h3-10,15-17,23-24H,2,11-14,18H2,1H3. The topological polar surface area (TPSA) is 35.5 Å². The molecule has 4 rings (SSSR count). The molecule has 0 heterocycles. The smallest absolute Gasteiger partial charge is 0.314 e. The average Bonchev–Trinajstić information content (AvgIpc) is 2.93. The van der Waals surface area contributed by atoms with Crippen molar-refractivity contribution in [3.63, 3.8) is 0 Å². The summed E-state index contributed by atoms with van der Waals surface area (Å²) >= 11 is 0. The highest BCUT2D eigenvalue weighted by atomic mass is 19.2. The molecule has 3 aromatic rings. The molecule has 0 saturated heterocycles. The van der Waals surface area contributed by atoms with Gasteiger partial charge in [-0.25, -0.2) is 8.78 Å². The molecule has 1 saturated carbocycles. The van der Waals surface area contributed by atoms with Gasteiger partial charge >= 0.3 is 5.97 Å². The van der Waals surface area contributed by atoms with Crippen LogP contribution < -0.4 is 9.47 Å². The largest absolute Gasteiger partial charge is 0.491 e. The summed E-state index contributed by atoms with van der Waals surface area (Å²) in [5.74, 6) is -4.50. The van der Waals surface area contributed by atoms with Gasteiger partial charge in [-0.1, -0.05) is 48.5 Å². The van der Waals surface area contributed by atoms with Gasteiger partial charge in [0, 0.05) is 0 Å². The van der Waals surface area contributed by atoms with Crippen LogP contribution in [0.25, 0.3) is 17.2 Å². The van der Waals surface area contributed by atoms with E-state index in [1.165, 1.54) is 23.8 Å². The third-order valence-corrected chi connectivity index (χ3v) is 6.66. The fourth-order valence-corrected chi connectivity index (χ4v) is 4.65. The molecule has 0 aromatic heterocycles. The molecule has 37 heavy (non-hydrogen) atoms. The molecule has 1 aliphatic rings. The molecule has 0 N–H and O–H groups in total. The Labute approximate surface area is 213 Å². The van der Waals surface area contributed by atoms with Gasteiger partial charge in [-0.05, 0) is 79.0 Å². The highest BCUT2D eigenvalue weighted by Crippen LogP contribution is 2.38. The summed E-state index contributed by atoms with van der Waals surface area (Å²) in [6, 6.07) is 17.8. The lowest BCUT2D eigenvalue weighted by Gasteiger charge is -2.27. The van der Waals surface area contributed by atoms with Crippen molar-refractivity contribution in [3.05, 3.63) is 89.3 Å². The highest BCUT2D eigenvalue weighted by molar-refractivity contribution is 5.75. The van der Waals surface area contributed by atoms with E-state index in [2.05, 4.69) is 12.1 Å². The van der Waals surface area contributed by atoms with Gasteiger partial charge in [0.05, 0.1) is 12.5 Å². The van der Waals surface area contributed by atoms with Crippen molar-refractivity contribution in [2.24, 2.45) is 5.92 Å². The molecule has 3 nitrogen and oxygen atoms in total. The lowest BCUT2D eigenvalue weighted by atomic mass is 9.78. The van der Waals surface area contributed by atoms with E-state index < -0.39 is 35.9 Å². The fraction of sp³-hybridized carbons (Fsp3) is 0.300. The van der Waals surface area contributed by atoms with E-state index in [1.54, 1.807) is 19.1 Å². The first-order valence-electron chi connectivity index (χ1n) is 12.3. The van der Waals surface area contributed by atoms with E-state index in [0.717, 1.165) is 24.0 Å². The number of alkyl halides is 1. The fourth-order valence-electron chi connectivity index (χ4n) is 4.65. The number of hydrogen-bond donors (Lipinski definition) is 0. The molecule has 194 valence electrons. The quantitative estimate of drug-likeness (QED) is 0.173. The van der Waals surface area contributed by atoms with Crippen LogP contribution in [-0.4, -0.2) is 19.3 Å². The predicted octanol–water partition coefficient (Wildman–Crippen LogP) is 8.19. The van der Waals surface area contributed by atoms with Crippen LogP contribution in [0.1, 0.15) is 49.7 Å². The normalized spacial score (nSPS) is 17.9. The zero-order valence-corrected chi connectivity index (χ0v) is 20.5. The van der Waals surface area contributed by atoms with Gasteiger partial charge in [-0.3, -0.25) is 4.79 Å². The van der Waals surface area contributed by atoms with E-state index in [-0.39, 0.29) is 24.2 Å². The van der Waals surface area contributed by atoms with Crippen LogP contribution in [0, 0.1) is 17.6 Å². The van der Waals surface area contributed by atoms with Gasteiger partial charge in [0.15, 0.2) is 11.5 Å². The Bertz CT molecular complexity index is 1250. The Morgan fingerprint density at radius 1 is 0.865 bits per heavy atom. The number of carbonyl (C=O) groups is 1. The van der Waals surface area contributed by atoms with E-state index in [9.17, 15) is 22.4 Å².